The molecule has 0 heterocycles. The molecule has 0 atom stereocenters. The lowest BCUT2D eigenvalue weighted by Gasteiger charge is -2.34. The van der Waals surface area contributed by atoms with Crippen molar-refractivity contribution in [1.29, 1.82) is 0 Å². The van der Waals surface area contributed by atoms with Gasteiger partial charge in [0, 0.05) is 6.04 Å². The molecule has 92 valence electrons. The summed E-state index contributed by atoms with van der Waals surface area (Å²) in [4.78, 5) is 12.2. The molecule has 2 rings (SSSR count). The molecule has 3 nitrogen and oxygen atoms in total. The van der Waals surface area contributed by atoms with Gasteiger partial charge in [-0.25, -0.2) is 0 Å². The third kappa shape index (κ3) is 2.76. The Bertz CT molecular complexity index is 240. The summed E-state index contributed by atoms with van der Waals surface area (Å²) in [6.07, 6.45) is 11.3. The van der Waals surface area contributed by atoms with Crippen molar-refractivity contribution in [3.05, 3.63) is 0 Å². The first-order valence-corrected chi connectivity index (χ1v) is 6.81. The van der Waals surface area contributed by atoms with Crippen molar-refractivity contribution < 1.29 is 4.79 Å². The summed E-state index contributed by atoms with van der Waals surface area (Å²) in [7, 11) is 0. The third-order valence-electron chi connectivity index (χ3n) is 4.14. The predicted octanol–water partition coefficient (Wildman–Crippen LogP) is 2.10. The molecule has 0 aromatic heterocycles. The topological polar surface area (TPSA) is 55.1 Å². The molecule has 0 saturated heterocycles. The average molecular weight is 224 g/mol. The fourth-order valence-corrected chi connectivity index (χ4v) is 2.99. The smallest absolute Gasteiger partial charge is 0.240 e. The standard InChI is InChI=1S/C13H24N2O/c14-13(9-5-2-6-10-13)12(16)15-11-7-3-1-4-8-11/h11H,1-10,14H2,(H,15,16). The van der Waals surface area contributed by atoms with Crippen LogP contribution < -0.4 is 11.1 Å². The lowest BCUT2D eigenvalue weighted by molar-refractivity contribution is -0.128. The molecule has 2 aliphatic rings. The van der Waals surface area contributed by atoms with Gasteiger partial charge in [-0.05, 0) is 25.7 Å². The molecule has 16 heavy (non-hydrogen) atoms. The van der Waals surface area contributed by atoms with E-state index in [0.717, 1.165) is 38.5 Å². The van der Waals surface area contributed by atoms with Crippen LogP contribution >= 0.6 is 0 Å². The molecule has 0 aliphatic heterocycles. The van der Waals surface area contributed by atoms with Crippen LogP contribution in [0, 0.1) is 0 Å². The van der Waals surface area contributed by atoms with Crippen LogP contribution in [0.3, 0.4) is 0 Å². The molecule has 0 bridgehead atoms. The van der Waals surface area contributed by atoms with Gasteiger partial charge in [0.15, 0.2) is 0 Å². The minimum Gasteiger partial charge on any atom is -0.352 e. The first kappa shape index (κ1) is 11.9. The van der Waals surface area contributed by atoms with Crippen LogP contribution in [-0.2, 0) is 4.79 Å². The molecule has 2 fully saturated rings. The Morgan fingerprint density at radius 1 is 1.00 bits per heavy atom. The monoisotopic (exact) mass is 224 g/mol. The van der Waals surface area contributed by atoms with Gasteiger partial charge < -0.3 is 11.1 Å². The Balaban J connectivity index is 1.85. The van der Waals surface area contributed by atoms with Crippen LogP contribution in [0.4, 0.5) is 0 Å². The fraction of sp³-hybridized carbons (Fsp3) is 0.923. The van der Waals surface area contributed by atoms with E-state index in [1.54, 1.807) is 0 Å². The number of carbonyl (C=O) groups excluding carboxylic acids is 1. The number of hydrogen-bond acceptors (Lipinski definition) is 2. The number of amides is 1. The van der Waals surface area contributed by atoms with Gasteiger partial charge in [-0.1, -0.05) is 38.5 Å². The van der Waals surface area contributed by atoms with Gasteiger partial charge in [0.05, 0.1) is 5.54 Å². The summed E-state index contributed by atoms with van der Waals surface area (Å²) < 4.78 is 0. The maximum atomic E-state index is 12.2. The first-order chi connectivity index (χ1) is 7.71. The van der Waals surface area contributed by atoms with Crippen LogP contribution in [0.15, 0.2) is 0 Å². The van der Waals surface area contributed by atoms with Gasteiger partial charge in [0.1, 0.15) is 0 Å². The van der Waals surface area contributed by atoms with Crippen molar-refractivity contribution in [3.8, 4) is 0 Å². The molecule has 0 spiro atoms. The number of hydrogen-bond donors (Lipinski definition) is 2. The van der Waals surface area contributed by atoms with E-state index in [-0.39, 0.29) is 5.91 Å². The molecule has 0 radical (unpaired) electrons. The Morgan fingerprint density at radius 3 is 2.19 bits per heavy atom. The zero-order valence-electron chi connectivity index (χ0n) is 10.1. The van der Waals surface area contributed by atoms with E-state index < -0.39 is 5.54 Å². The Hall–Kier alpha value is -0.570. The Labute approximate surface area is 98.2 Å². The second-order valence-corrected chi connectivity index (χ2v) is 5.53. The van der Waals surface area contributed by atoms with E-state index in [2.05, 4.69) is 5.32 Å². The van der Waals surface area contributed by atoms with Gasteiger partial charge in [-0.15, -0.1) is 0 Å². The Kier molecular flexibility index (Phi) is 3.85. The van der Waals surface area contributed by atoms with Crippen molar-refractivity contribution in [1.82, 2.24) is 5.32 Å². The SMILES string of the molecule is NC1(C(=O)NC2CCCCC2)CCCCC1. The molecule has 2 aliphatic carbocycles. The molecular weight excluding hydrogens is 200 g/mol. The highest BCUT2D eigenvalue weighted by Crippen LogP contribution is 2.27. The predicted molar refractivity (Wildman–Crippen MR) is 65.0 cm³/mol. The van der Waals surface area contributed by atoms with Crippen LogP contribution in [0.25, 0.3) is 0 Å². The minimum absolute atomic E-state index is 0.110. The maximum Gasteiger partial charge on any atom is 0.240 e. The zero-order valence-corrected chi connectivity index (χ0v) is 10.1. The van der Waals surface area contributed by atoms with Crippen molar-refractivity contribution in [2.75, 3.05) is 0 Å². The van der Waals surface area contributed by atoms with E-state index >= 15 is 0 Å². The van der Waals surface area contributed by atoms with Gasteiger partial charge in [0.2, 0.25) is 5.91 Å². The number of carbonyl (C=O) groups is 1. The number of nitrogens with one attached hydrogen (secondary N) is 1. The summed E-state index contributed by atoms with van der Waals surface area (Å²) in [5.41, 5.74) is 5.65. The zero-order chi connectivity index (χ0) is 11.4. The minimum atomic E-state index is -0.560. The van der Waals surface area contributed by atoms with Crippen molar-refractivity contribution >= 4 is 5.91 Å². The van der Waals surface area contributed by atoms with E-state index in [9.17, 15) is 4.79 Å². The summed E-state index contributed by atoms with van der Waals surface area (Å²) in [6, 6.07) is 0.392. The first-order valence-electron chi connectivity index (χ1n) is 6.81. The van der Waals surface area contributed by atoms with Crippen molar-refractivity contribution in [3.63, 3.8) is 0 Å². The van der Waals surface area contributed by atoms with Crippen LogP contribution in [0.5, 0.6) is 0 Å². The van der Waals surface area contributed by atoms with Gasteiger partial charge >= 0.3 is 0 Å². The molecular formula is C13H24N2O. The van der Waals surface area contributed by atoms with Gasteiger partial charge in [-0.2, -0.15) is 0 Å². The van der Waals surface area contributed by atoms with Gasteiger partial charge in [-0.3, -0.25) is 4.79 Å². The highest BCUT2D eigenvalue weighted by Gasteiger charge is 2.36. The van der Waals surface area contributed by atoms with E-state index in [1.807, 2.05) is 0 Å². The summed E-state index contributed by atoms with van der Waals surface area (Å²) in [5, 5.41) is 3.17. The Morgan fingerprint density at radius 2 is 1.56 bits per heavy atom. The van der Waals surface area contributed by atoms with Gasteiger partial charge in [0.25, 0.3) is 0 Å². The maximum absolute atomic E-state index is 12.2. The largest absolute Gasteiger partial charge is 0.352 e. The molecule has 3 N–H and O–H groups in total. The molecule has 0 unspecified atom stereocenters. The molecule has 0 aromatic rings. The lowest BCUT2D eigenvalue weighted by Crippen LogP contribution is -2.57. The third-order valence-corrected chi connectivity index (χ3v) is 4.14. The quantitative estimate of drug-likeness (QED) is 0.754. The van der Waals surface area contributed by atoms with Crippen molar-refractivity contribution in [2.45, 2.75) is 75.8 Å². The normalized spacial score (nSPS) is 26.3. The van der Waals surface area contributed by atoms with Crippen LogP contribution in [0.2, 0.25) is 0 Å². The highest BCUT2D eigenvalue weighted by atomic mass is 16.2. The second kappa shape index (κ2) is 5.17. The number of rotatable bonds is 2. The second-order valence-electron chi connectivity index (χ2n) is 5.53. The highest BCUT2D eigenvalue weighted by molar-refractivity contribution is 5.86. The fourth-order valence-electron chi connectivity index (χ4n) is 2.99. The van der Waals surface area contributed by atoms with Crippen molar-refractivity contribution in [2.24, 2.45) is 5.73 Å². The summed E-state index contributed by atoms with van der Waals surface area (Å²) in [5.74, 6) is 0.110. The molecule has 2 saturated carbocycles. The van der Waals surface area contributed by atoms with Crippen LogP contribution in [0.1, 0.15) is 64.2 Å². The molecule has 3 heteroatoms. The van der Waals surface area contributed by atoms with E-state index in [4.69, 9.17) is 5.73 Å². The molecule has 1 amide bonds. The average Bonchev–Trinajstić information content (AvgIpc) is 2.31. The van der Waals surface area contributed by atoms with Crippen LogP contribution in [-0.4, -0.2) is 17.5 Å². The summed E-state index contributed by atoms with van der Waals surface area (Å²) in [6.45, 7) is 0. The number of nitrogens with two attached hydrogens (primary N) is 1. The van der Waals surface area contributed by atoms with E-state index in [0.29, 0.717) is 6.04 Å². The molecule has 0 aromatic carbocycles. The van der Waals surface area contributed by atoms with E-state index in [1.165, 1.54) is 25.7 Å². The lowest BCUT2D eigenvalue weighted by atomic mass is 9.81. The summed E-state index contributed by atoms with van der Waals surface area (Å²) >= 11 is 0.